The highest BCUT2D eigenvalue weighted by molar-refractivity contribution is 5.97. The monoisotopic (exact) mass is 264 g/mol. The first-order valence-corrected chi connectivity index (χ1v) is 6.07. The first-order chi connectivity index (χ1) is 8.99. The van der Waals surface area contributed by atoms with Crippen LogP contribution in [0.3, 0.4) is 0 Å². The molecule has 0 saturated heterocycles. The van der Waals surface area contributed by atoms with E-state index >= 15 is 0 Å². The van der Waals surface area contributed by atoms with E-state index in [1.807, 2.05) is 6.07 Å². The number of carboxylic acids is 1. The summed E-state index contributed by atoms with van der Waals surface area (Å²) in [4.78, 5) is 22.9. The number of amides is 1. The molecule has 6 nitrogen and oxygen atoms in total. The van der Waals surface area contributed by atoms with E-state index in [0.717, 1.165) is 24.2 Å². The van der Waals surface area contributed by atoms with E-state index in [1.54, 1.807) is 12.1 Å². The molecule has 0 fully saturated rings. The predicted octanol–water partition coefficient (Wildman–Crippen LogP) is 0.218. The largest absolute Gasteiger partial charge is 0.480 e. The van der Waals surface area contributed by atoms with Crippen LogP contribution in [0.25, 0.3) is 0 Å². The predicted molar refractivity (Wildman–Crippen MR) is 69.2 cm³/mol. The van der Waals surface area contributed by atoms with Crippen molar-refractivity contribution in [3.8, 4) is 0 Å². The molecule has 0 aliphatic carbocycles. The Morgan fingerprint density at radius 1 is 1.42 bits per heavy atom. The van der Waals surface area contributed by atoms with Gasteiger partial charge in [0.2, 0.25) is 0 Å². The van der Waals surface area contributed by atoms with E-state index in [0.29, 0.717) is 5.56 Å². The summed E-state index contributed by atoms with van der Waals surface area (Å²) in [5, 5.41) is 23.7. The Labute approximate surface area is 110 Å². The highest BCUT2D eigenvalue weighted by Crippen LogP contribution is 2.23. The summed E-state index contributed by atoms with van der Waals surface area (Å²) >= 11 is 0. The van der Waals surface area contributed by atoms with E-state index < -0.39 is 24.0 Å². The second-order valence-corrected chi connectivity index (χ2v) is 4.58. The molecular formula is C13H16N2O4. The fourth-order valence-corrected chi connectivity index (χ4v) is 2.05. The van der Waals surface area contributed by atoms with E-state index in [-0.39, 0.29) is 0 Å². The van der Waals surface area contributed by atoms with Crippen molar-refractivity contribution < 1.29 is 19.8 Å². The number of benzene rings is 1. The molecular weight excluding hydrogens is 248 g/mol. The molecule has 0 aromatic heterocycles. The smallest absolute Gasteiger partial charge is 0.328 e. The van der Waals surface area contributed by atoms with Crippen molar-refractivity contribution in [2.75, 3.05) is 11.9 Å². The zero-order chi connectivity index (χ0) is 14.0. The summed E-state index contributed by atoms with van der Waals surface area (Å²) in [5.41, 5.74) is 2.42. The number of anilines is 1. The Bertz CT molecular complexity index is 513. The number of aliphatic hydroxyl groups is 1. The third-order valence-corrected chi connectivity index (χ3v) is 3.12. The van der Waals surface area contributed by atoms with Gasteiger partial charge < -0.3 is 20.8 Å². The Hall–Kier alpha value is -2.08. The van der Waals surface area contributed by atoms with Gasteiger partial charge in [-0.2, -0.15) is 0 Å². The fraction of sp³-hybridized carbons (Fsp3) is 0.385. The highest BCUT2D eigenvalue weighted by atomic mass is 16.4. The minimum atomic E-state index is -1.31. The lowest BCUT2D eigenvalue weighted by atomic mass is 10.1. The Balaban J connectivity index is 2.13. The van der Waals surface area contributed by atoms with Crippen molar-refractivity contribution in [1.82, 2.24) is 5.32 Å². The van der Waals surface area contributed by atoms with Gasteiger partial charge in [0.1, 0.15) is 0 Å². The number of hydrogen-bond donors (Lipinski definition) is 4. The Morgan fingerprint density at radius 2 is 2.16 bits per heavy atom. The molecule has 2 unspecified atom stereocenters. The van der Waals surface area contributed by atoms with Crippen LogP contribution in [-0.2, 0) is 11.2 Å². The summed E-state index contributed by atoms with van der Waals surface area (Å²) in [7, 11) is 0. The van der Waals surface area contributed by atoms with Gasteiger partial charge in [0, 0.05) is 17.8 Å². The van der Waals surface area contributed by atoms with Crippen LogP contribution in [0, 0.1) is 0 Å². The number of nitrogens with one attached hydrogen (secondary N) is 2. The number of aliphatic hydroxyl groups excluding tert-OH is 1. The van der Waals surface area contributed by atoms with Crippen LogP contribution in [0.1, 0.15) is 22.8 Å². The van der Waals surface area contributed by atoms with Crippen LogP contribution in [0.5, 0.6) is 0 Å². The minimum Gasteiger partial charge on any atom is -0.480 e. The summed E-state index contributed by atoms with van der Waals surface area (Å²) in [6.45, 7) is 2.16. The van der Waals surface area contributed by atoms with Crippen molar-refractivity contribution in [1.29, 1.82) is 0 Å². The lowest BCUT2D eigenvalue weighted by Gasteiger charge is -2.17. The molecule has 1 aliphatic rings. The third-order valence-electron chi connectivity index (χ3n) is 3.12. The third kappa shape index (κ3) is 2.85. The number of carboxylic acid groups (broad SMARTS) is 1. The van der Waals surface area contributed by atoms with Crippen LogP contribution >= 0.6 is 0 Å². The quantitative estimate of drug-likeness (QED) is 0.623. The van der Waals surface area contributed by atoms with Crippen LogP contribution in [0.15, 0.2) is 18.2 Å². The molecule has 1 aromatic carbocycles. The molecule has 102 valence electrons. The average Bonchev–Trinajstić information content (AvgIpc) is 2.81. The first kappa shape index (κ1) is 13.4. The van der Waals surface area contributed by atoms with Crippen molar-refractivity contribution in [2.24, 2.45) is 0 Å². The maximum atomic E-state index is 12.0. The van der Waals surface area contributed by atoms with Gasteiger partial charge in [-0.25, -0.2) is 4.79 Å². The molecule has 4 N–H and O–H groups in total. The number of carbonyl (C=O) groups excluding carboxylic acids is 1. The topological polar surface area (TPSA) is 98.7 Å². The lowest BCUT2D eigenvalue weighted by Crippen LogP contribution is -2.47. The van der Waals surface area contributed by atoms with Gasteiger partial charge in [-0.1, -0.05) is 6.07 Å². The van der Waals surface area contributed by atoms with E-state index in [1.165, 1.54) is 6.92 Å². The molecule has 2 rings (SSSR count). The summed E-state index contributed by atoms with van der Waals surface area (Å²) in [5.74, 6) is -1.77. The number of carbonyl (C=O) groups is 2. The molecule has 19 heavy (non-hydrogen) atoms. The van der Waals surface area contributed by atoms with Gasteiger partial charge in [0.15, 0.2) is 6.04 Å². The van der Waals surface area contributed by atoms with Gasteiger partial charge in [0.25, 0.3) is 5.91 Å². The van der Waals surface area contributed by atoms with Crippen molar-refractivity contribution in [2.45, 2.75) is 25.5 Å². The number of aliphatic carboxylic acids is 1. The maximum absolute atomic E-state index is 12.0. The van der Waals surface area contributed by atoms with E-state index in [9.17, 15) is 14.7 Å². The fourth-order valence-electron chi connectivity index (χ4n) is 2.05. The van der Waals surface area contributed by atoms with Crippen molar-refractivity contribution in [3.63, 3.8) is 0 Å². The lowest BCUT2D eigenvalue weighted by molar-refractivity contribution is -0.141. The molecule has 0 saturated carbocycles. The van der Waals surface area contributed by atoms with Crippen LogP contribution in [0.2, 0.25) is 0 Å². The molecule has 1 heterocycles. The Kier molecular flexibility index (Phi) is 3.71. The minimum absolute atomic E-state index is 0.375. The summed E-state index contributed by atoms with van der Waals surface area (Å²) in [6, 6.07) is 3.89. The molecule has 0 radical (unpaired) electrons. The molecule has 1 amide bonds. The number of fused-ring (bicyclic) bond motifs is 1. The Morgan fingerprint density at radius 3 is 2.79 bits per heavy atom. The van der Waals surface area contributed by atoms with Gasteiger partial charge in [-0.05, 0) is 31.0 Å². The van der Waals surface area contributed by atoms with Gasteiger partial charge >= 0.3 is 5.97 Å². The molecule has 1 aliphatic heterocycles. The zero-order valence-electron chi connectivity index (χ0n) is 10.5. The van der Waals surface area contributed by atoms with Gasteiger partial charge in [-0.15, -0.1) is 0 Å². The second-order valence-electron chi connectivity index (χ2n) is 4.58. The van der Waals surface area contributed by atoms with Gasteiger partial charge in [-0.3, -0.25) is 4.79 Å². The first-order valence-electron chi connectivity index (χ1n) is 6.07. The molecule has 1 aromatic rings. The van der Waals surface area contributed by atoms with Gasteiger partial charge in [0.05, 0.1) is 6.10 Å². The second kappa shape index (κ2) is 5.27. The van der Waals surface area contributed by atoms with Crippen molar-refractivity contribution >= 4 is 17.6 Å². The molecule has 6 heteroatoms. The number of rotatable bonds is 4. The maximum Gasteiger partial charge on any atom is 0.328 e. The summed E-state index contributed by atoms with van der Waals surface area (Å²) in [6.07, 6.45) is -0.239. The SMILES string of the molecule is CC(O)C(NC(=O)c1ccc2c(c1)NCC2)C(=O)O. The van der Waals surface area contributed by atoms with E-state index in [4.69, 9.17) is 5.11 Å². The van der Waals surface area contributed by atoms with Crippen LogP contribution in [-0.4, -0.2) is 40.8 Å². The molecule has 0 bridgehead atoms. The van der Waals surface area contributed by atoms with Crippen LogP contribution < -0.4 is 10.6 Å². The van der Waals surface area contributed by atoms with Crippen LogP contribution in [0.4, 0.5) is 5.69 Å². The van der Waals surface area contributed by atoms with Crippen molar-refractivity contribution in [3.05, 3.63) is 29.3 Å². The highest BCUT2D eigenvalue weighted by Gasteiger charge is 2.25. The standard InChI is InChI=1S/C13H16N2O4/c1-7(16)11(13(18)19)15-12(17)9-3-2-8-4-5-14-10(8)6-9/h2-3,6-7,11,14,16H,4-5H2,1H3,(H,15,17)(H,18,19). The normalized spacial score (nSPS) is 16.1. The number of hydrogen-bond acceptors (Lipinski definition) is 4. The average molecular weight is 264 g/mol. The summed E-state index contributed by atoms with van der Waals surface area (Å²) < 4.78 is 0. The molecule has 0 spiro atoms. The zero-order valence-corrected chi connectivity index (χ0v) is 10.5. The molecule has 2 atom stereocenters. The van der Waals surface area contributed by atoms with E-state index in [2.05, 4.69) is 10.6 Å².